The van der Waals surface area contributed by atoms with Gasteiger partial charge in [0.2, 0.25) is 0 Å². The summed E-state index contributed by atoms with van der Waals surface area (Å²) in [5.41, 5.74) is 12.9. The van der Waals surface area contributed by atoms with Crippen LogP contribution in [-0.4, -0.2) is 19.3 Å². The van der Waals surface area contributed by atoms with Crippen molar-refractivity contribution < 1.29 is 25.8 Å². The second-order valence-electron chi connectivity index (χ2n) is 18.8. The Morgan fingerprint density at radius 3 is 2.02 bits per heavy atom. The average Bonchev–Trinajstić information content (AvgIpc) is 3.62. The first-order valence-electron chi connectivity index (χ1n) is 19.7. The Kier molecular flexibility index (Phi) is 11.1. The molecule has 0 fully saturated rings. The van der Waals surface area contributed by atoms with Crippen molar-refractivity contribution in [3.63, 3.8) is 0 Å². The molecule has 0 atom stereocenters. The Labute approximate surface area is 348 Å². The minimum atomic E-state index is -0.0112. The number of aryl methyl sites for hydroxylation is 1. The summed E-state index contributed by atoms with van der Waals surface area (Å²) in [4.78, 5) is 4.74. The number of pyridine rings is 1. The molecule has 292 valence electrons. The van der Waals surface area contributed by atoms with Crippen molar-refractivity contribution in [3.8, 4) is 34.1 Å². The molecule has 0 saturated carbocycles. The number of fused-ring (bicyclic) bond motifs is 3. The SMILES string of the molecule is Cc1ccnc(-n2c3[c-]c(Oc4[c-]c(-n5nc(C(C)C)c(-c6cc(C(C)(C)C)c(C)c(C(C)(C)C)c6)c5CC(C)(C)C)ccc4)ccc3c3ccccc32)c1.[Pt+2]. The fourth-order valence-corrected chi connectivity index (χ4v) is 8.02. The van der Waals surface area contributed by atoms with Gasteiger partial charge in [0.1, 0.15) is 5.82 Å². The van der Waals surface area contributed by atoms with Crippen LogP contribution in [0, 0.1) is 31.4 Å². The van der Waals surface area contributed by atoms with Crippen LogP contribution in [-0.2, 0) is 38.3 Å². The van der Waals surface area contributed by atoms with Crippen LogP contribution in [0.5, 0.6) is 11.5 Å². The fourth-order valence-electron chi connectivity index (χ4n) is 8.02. The summed E-state index contributed by atoms with van der Waals surface area (Å²) in [6, 6.07) is 34.8. The van der Waals surface area contributed by atoms with Crippen molar-refractivity contribution in [3.05, 3.63) is 131 Å². The van der Waals surface area contributed by atoms with Crippen LogP contribution in [0.1, 0.15) is 116 Å². The second kappa shape index (κ2) is 15.1. The van der Waals surface area contributed by atoms with Crippen LogP contribution in [0.25, 0.3) is 44.4 Å². The monoisotopic (exact) mass is 923 g/mol. The van der Waals surface area contributed by atoms with Crippen molar-refractivity contribution in [2.75, 3.05) is 0 Å². The van der Waals surface area contributed by atoms with Crippen molar-refractivity contribution in [1.82, 2.24) is 19.3 Å². The summed E-state index contributed by atoms with van der Waals surface area (Å²) in [6.45, 7) is 29.7. The van der Waals surface area contributed by atoms with E-state index in [4.69, 9.17) is 14.8 Å². The van der Waals surface area contributed by atoms with Gasteiger partial charge in [0, 0.05) is 28.8 Å². The Balaban J connectivity index is 0.00000532. The summed E-state index contributed by atoms with van der Waals surface area (Å²) < 4.78 is 10.9. The van der Waals surface area contributed by atoms with E-state index in [-0.39, 0.29) is 43.2 Å². The van der Waals surface area contributed by atoms with Crippen molar-refractivity contribution >= 4 is 21.8 Å². The quantitative estimate of drug-likeness (QED) is 0.150. The zero-order valence-electron chi connectivity index (χ0n) is 35.4. The van der Waals surface area contributed by atoms with Gasteiger partial charge in [-0.15, -0.1) is 35.7 Å². The van der Waals surface area contributed by atoms with E-state index in [1.807, 2.05) is 30.5 Å². The molecular formula is C50H56N4OPt. The predicted molar refractivity (Wildman–Crippen MR) is 229 cm³/mol. The third-order valence-electron chi connectivity index (χ3n) is 10.5. The third kappa shape index (κ3) is 8.03. The van der Waals surface area contributed by atoms with E-state index >= 15 is 0 Å². The van der Waals surface area contributed by atoms with Gasteiger partial charge in [0.25, 0.3) is 0 Å². The number of nitrogens with zero attached hydrogens (tertiary/aromatic N) is 4. The van der Waals surface area contributed by atoms with Gasteiger partial charge in [-0.25, -0.2) is 4.98 Å². The summed E-state index contributed by atoms with van der Waals surface area (Å²) in [7, 11) is 0. The first-order chi connectivity index (χ1) is 25.8. The minimum absolute atomic E-state index is 0. The molecule has 0 amide bonds. The molecule has 0 bridgehead atoms. The van der Waals surface area contributed by atoms with Gasteiger partial charge in [-0.05, 0) is 99.5 Å². The van der Waals surface area contributed by atoms with E-state index in [2.05, 4.69) is 166 Å². The number of hydrogen-bond donors (Lipinski definition) is 0. The largest absolute Gasteiger partial charge is 2.00 e. The van der Waals surface area contributed by atoms with Gasteiger partial charge in [-0.1, -0.05) is 112 Å². The summed E-state index contributed by atoms with van der Waals surface area (Å²) in [5.74, 6) is 2.28. The topological polar surface area (TPSA) is 44.9 Å². The smallest absolute Gasteiger partial charge is 0.509 e. The van der Waals surface area contributed by atoms with Gasteiger partial charge in [-0.2, -0.15) is 17.2 Å². The van der Waals surface area contributed by atoms with E-state index < -0.39 is 0 Å². The summed E-state index contributed by atoms with van der Waals surface area (Å²) in [6.07, 6.45) is 2.70. The van der Waals surface area contributed by atoms with Crippen LogP contribution in [0.15, 0.2) is 85.1 Å². The van der Waals surface area contributed by atoms with Crippen molar-refractivity contribution in [2.24, 2.45) is 5.41 Å². The van der Waals surface area contributed by atoms with E-state index in [9.17, 15) is 0 Å². The van der Waals surface area contributed by atoms with Crippen LogP contribution < -0.4 is 4.74 Å². The molecule has 0 N–H and O–H groups in total. The zero-order chi connectivity index (χ0) is 39.6. The molecule has 5 nitrogen and oxygen atoms in total. The van der Waals surface area contributed by atoms with E-state index in [1.54, 1.807) is 0 Å². The average molecular weight is 924 g/mol. The zero-order valence-corrected chi connectivity index (χ0v) is 37.7. The summed E-state index contributed by atoms with van der Waals surface area (Å²) in [5, 5.41) is 7.67. The maximum atomic E-state index is 6.60. The molecule has 0 unspecified atom stereocenters. The summed E-state index contributed by atoms with van der Waals surface area (Å²) >= 11 is 0. The van der Waals surface area contributed by atoms with E-state index in [0.717, 1.165) is 51.0 Å². The minimum Gasteiger partial charge on any atom is -0.509 e. The number of ether oxygens (including phenoxy) is 1. The number of aromatic nitrogens is 4. The molecular weight excluding hydrogens is 868 g/mol. The van der Waals surface area contributed by atoms with Crippen LogP contribution in [0.3, 0.4) is 0 Å². The Bertz CT molecular complexity index is 2510. The van der Waals surface area contributed by atoms with Crippen molar-refractivity contribution in [2.45, 2.75) is 113 Å². The first kappa shape index (κ1) is 41.2. The van der Waals surface area contributed by atoms with E-state index in [0.29, 0.717) is 11.5 Å². The maximum absolute atomic E-state index is 6.60. The number of benzene rings is 4. The van der Waals surface area contributed by atoms with Crippen LogP contribution >= 0.6 is 0 Å². The first-order valence-corrected chi connectivity index (χ1v) is 19.7. The van der Waals surface area contributed by atoms with Crippen LogP contribution in [0.2, 0.25) is 0 Å². The normalized spacial score (nSPS) is 12.5. The molecule has 0 saturated heterocycles. The molecule has 7 aromatic rings. The molecule has 56 heavy (non-hydrogen) atoms. The van der Waals surface area contributed by atoms with Gasteiger partial charge in [0.05, 0.1) is 11.4 Å². The molecule has 0 radical (unpaired) electrons. The van der Waals surface area contributed by atoms with Gasteiger partial charge in [0.15, 0.2) is 0 Å². The number of rotatable bonds is 7. The standard InChI is InChI=1S/C50H56N4O.Pt/c1-31(2)47-46(34-26-40(49(8,9)10)33(4)41(27-34)50(11,12)13)44(30-48(5,6)7)54(52-47)35-17-16-18-36(28-35)55-37-21-22-39-38-19-14-15-20-42(38)53(43(39)29-37)45-25-32(3)23-24-51-45;/h14-27,31H,30H2,1-13H3;/q-2;+2. The fraction of sp³-hybridized carbons (Fsp3) is 0.360. The molecule has 0 aliphatic heterocycles. The number of hydrogen-bond acceptors (Lipinski definition) is 3. The molecule has 0 aliphatic carbocycles. The number of para-hydroxylation sites is 1. The third-order valence-corrected chi connectivity index (χ3v) is 10.5. The molecule has 4 aromatic carbocycles. The van der Waals surface area contributed by atoms with Crippen LogP contribution in [0.4, 0.5) is 0 Å². The Morgan fingerprint density at radius 1 is 0.732 bits per heavy atom. The molecule has 6 heteroatoms. The predicted octanol–water partition coefficient (Wildman–Crippen LogP) is 13.3. The van der Waals surface area contributed by atoms with Gasteiger partial charge < -0.3 is 9.30 Å². The Hall–Kier alpha value is -4.47. The molecule has 3 aromatic heterocycles. The van der Waals surface area contributed by atoms with Crippen molar-refractivity contribution in [1.29, 1.82) is 0 Å². The molecule has 3 heterocycles. The molecule has 7 rings (SSSR count). The Morgan fingerprint density at radius 2 is 1.39 bits per heavy atom. The maximum Gasteiger partial charge on any atom is 2.00 e. The molecule has 0 aliphatic rings. The molecule has 0 spiro atoms. The van der Waals surface area contributed by atoms with E-state index in [1.165, 1.54) is 33.5 Å². The second-order valence-corrected chi connectivity index (χ2v) is 18.8. The van der Waals surface area contributed by atoms with Gasteiger partial charge >= 0.3 is 21.1 Å². The van der Waals surface area contributed by atoms with Gasteiger partial charge in [-0.3, -0.25) is 4.68 Å².